The van der Waals surface area contributed by atoms with E-state index >= 15 is 0 Å². The summed E-state index contributed by atoms with van der Waals surface area (Å²) in [6.07, 6.45) is 3.39. The largest absolute Gasteiger partial charge is 0.325 e. The van der Waals surface area contributed by atoms with E-state index in [1.165, 1.54) is 12.1 Å². The first kappa shape index (κ1) is 19.9. The van der Waals surface area contributed by atoms with E-state index in [9.17, 15) is 13.2 Å². The quantitative estimate of drug-likeness (QED) is 0.822. The Balaban J connectivity index is 0.00000264. The first-order chi connectivity index (χ1) is 10.4. The molecular weight excluding hydrogens is 338 g/mol. The third-order valence-electron chi connectivity index (χ3n) is 3.85. The maximum Gasteiger partial charge on any atom is 0.238 e. The minimum absolute atomic E-state index is 0. The highest BCUT2D eigenvalue weighted by Gasteiger charge is 2.20. The molecule has 1 aliphatic rings. The summed E-state index contributed by atoms with van der Waals surface area (Å²) in [6, 6.07) is 6.67. The molecule has 1 aliphatic heterocycles. The number of hydrogen-bond donors (Lipinski definition) is 2. The predicted molar refractivity (Wildman–Crippen MR) is 94.0 cm³/mol. The predicted octanol–water partition coefficient (Wildman–Crippen LogP) is 1.13. The van der Waals surface area contributed by atoms with Gasteiger partial charge in [-0.3, -0.25) is 9.69 Å². The molecule has 6 nitrogen and oxygen atoms in total. The van der Waals surface area contributed by atoms with E-state index in [-0.39, 0.29) is 23.2 Å². The monoisotopic (exact) mass is 361 g/mol. The van der Waals surface area contributed by atoms with Gasteiger partial charge in [-0.2, -0.15) is 0 Å². The van der Waals surface area contributed by atoms with E-state index in [2.05, 4.69) is 15.5 Å². The standard InChI is InChI=1S/C15H23N3O3S.ClH/c1-16-13-4-3-9-18(10-13)11-15(19)17-12-5-7-14(8-6-12)22(2,20)21;/h5-8,13,16H,3-4,9-11H2,1-2H3,(H,17,19);1H. The van der Waals surface area contributed by atoms with Crippen LogP contribution in [0.5, 0.6) is 0 Å². The third kappa shape index (κ3) is 6.10. The number of halogens is 1. The number of rotatable bonds is 5. The molecule has 0 saturated carbocycles. The molecule has 1 heterocycles. The summed E-state index contributed by atoms with van der Waals surface area (Å²) in [5.41, 5.74) is 0.611. The summed E-state index contributed by atoms with van der Waals surface area (Å²) in [4.78, 5) is 14.4. The molecule has 2 N–H and O–H groups in total. The number of piperidine rings is 1. The highest BCUT2D eigenvalue weighted by Crippen LogP contribution is 2.14. The molecule has 1 amide bonds. The zero-order valence-corrected chi connectivity index (χ0v) is 15.0. The molecule has 0 aromatic heterocycles. The first-order valence-electron chi connectivity index (χ1n) is 7.38. The van der Waals surface area contributed by atoms with Gasteiger partial charge in [-0.05, 0) is 50.7 Å². The fourth-order valence-electron chi connectivity index (χ4n) is 2.62. The topological polar surface area (TPSA) is 78.5 Å². The molecule has 1 unspecified atom stereocenters. The van der Waals surface area contributed by atoms with Crippen LogP contribution in [-0.2, 0) is 14.6 Å². The molecule has 2 rings (SSSR count). The van der Waals surface area contributed by atoms with Crippen molar-refractivity contribution in [2.45, 2.75) is 23.8 Å². The minimum Gasteiger partial charge on any atom is -0.325 e. The molecule has 0 spiro atoms. The van der Waals surface area contributed by atoms with Crippen LogP contribution in [0.1, 0.15) is 12.8 Å². The van der Waals surface area contributed by atoms with Crippen LogP contribution >= 0.6 is 12.4 Å². The van der Waals surface area contributed by atoms with Crippen LogP contribution in [-0.4, -0.2) is 58.2 Å². The number of likely N-dealkylation sites (tertiary alicyclic amines) is 1. The van der Waals surface area contributed by atoms with Gasteiger partial charge in [0.25, 0.3) is 0 Å². The Labute approximate surface area is 144 Å². The van der Waals surface area contributed by atoms with Crippen molar-refractivity contribution in [3.63, 3.8) is 0 Å². The van der Waals surface area contributed by atoms with E-state index in [0.717, 1.165) is 32.2 Å². The summed E-state index contributed by atoms with van der Waals surface area (Å²) in [6.45, 7) is 2.15. The van der Waals surface area contributed by atoms with Crippen molar-refractivity contribution in [3.8, 4) is 0 Å². The first-order valence-corrected chi connectivity index (χ1v) is 9.27. The van der Waals surface area contributed by atoms with E-state index in [4.69, 9.17) is 0 Å². The fourth-order valence-corrected chi connectivity index (χ4v) is 3.25. The summed E-state index contributed by atoms with van der Waals surface area (Å²) >= 11 is 0. The van der Waals surface area contributed by atoms with Gasteiger partial charge in [0, 0.05) is 24.5 Å². The average molecular weight is 362 g/mol. The number of carbonyl (C=O) groups excluding carboxylic acids is 1. The number of nitrogens with one attached hydrogen (secondary N) is 2. The second kappa shape index (κ2) is 8.63. The molecular formula is C15H24ClN3O3S. The number of likely N-dealkylation sites (N-methyl/N-ethyl adjacent to an activating group) is 1. The van der Waals surface area contributed by atoms with Crippen molar-refractivity contribution in [2.75, 3.05) is 38.3 Å². The van der Waals surface area contributed by atoms with Gasteiger partial charge in [-0.15, -0.1) is 12.4 Å². The van der Waals surface area contributed by atoms with Gasteiger partial charge in [0.05, 0.1) is 11.4 Å². The van der Waals surface area contributed by atoms with Gasteiger partial charge in [-0.1, -0.05) is 0 Å². The zero-order valence-electron chi connectivity index (χ0n) is 13.4. The van der Waals surface area contributed by atoms with Crippen LogP contribution in [0, 0.1) is 0 Å². The van der Waals surface area contributed by atoms with Gasteiger partial charge >= 0.3 is 0 Å². The lowest BCUT2D eigenvalue weighted by Gasteiger charge is -2.31. The number of benzene rings is 1. The van der Waals surface area contributed by atoms with Gasteiger partial charge in [0.1, 0.15) is 0 Å². The van der Waals surface area contributed by atoms with Gasteiger partial charge in [-0.25, -0.2) is 8.42 Å². The minimum atomic E-state index is -3.21. The maximum absolute atomic E-state index is 12.1. The molecule has 1 fully saturated rings. The van der Waals surface area contributed by atoms with Gasteiger partial charge < -0.3 is 10.6 Å². The molecule has 1 aromatic rings. The Hall–Kier alpha value is -1.15. The number of amides is 1. The van der Waals surface area contributed by atoms with Crippen molar-refractivity contribution in [3.05, 3.63) is 24.3 Å². The molecule has 8 heteroatoms. The van der Waals surface area contributed by atoms with Crippen molar-refractivity contribution < 1.29 is 13.2 Å². The van der Waals surface area contributed by atoms with Crippen LogP contribution in [0.3, 0.4) is 0 Å². The smallest absolute Gasteiger partial charge is 0.238 e. The SMILES string of the molecule is CNC1CCCN(CC(=O)Nc2ccc(S(C)(=O)=O)cc2)C1.Cl. The normalized spacial score (nSPS) is 19.0. The second-order valence-electron chi connectivity index (χ2n) is 5.71. The zero-order chi connectivity index (χ0) is 16.2. The van der Waals surface area contributed by atoms with Crippen LogP contribution in [0.4, 0.5) is 5.69 Å². The lowest BCUT2D eigenvalue weighted by Crippen LogP contribution is -2.46. The Morgan fingerprint density at radius 1 is 1.30 bits per heavy atom. The van der Waals surface area contributed by atoms with E-state index in [1.54, 1.807) is 12.1 Å². The number of hydrogen-bond acceptors (Lipinski definition) is 5. The fraction of sp³-hybridized carbons (Fsp3) is 0.533. The Kier molecular flexibility index (Phi) is 7.47. The molecule has 23 heavy (non-hydrogen) atoms. The highest BCUT2D eigenvalue weighted by atomic mass is 35.5. The van der Waals surface area contributed by atoms with E-state index < -0.39 is 9.84 Å². The van der Waals surface area contributed by atoms with Crippen molar-refractivity contribution in [1.82, 2.24) is 10.2 Å². The molecule has 130 valence electrons. The highest BCUT2D eigenvalue weighted by molar-refractivity contribution is 7.90. The van der Waals surface area contributed by atoms with Crippen LogP contribution in [0.25, 0.3) is 0 Å². The summed E-state index contributed by atoms with van der Waals surface area (Å²) < 4.78 is 22.8. The van der Waals surface area contributed by atoms with Crippen molar-refractivity contribution in [1.29, 1.82) is 0 Å². The Bertz CT molecular complexity index is 619. The van der Waals surface area contributed by atoms with Crippen LogP contribution in [0.15, 0.2) is 29.2 Å². The Morgan fingerprint density at radius 2 is 1.96 bits per heavy atom. The summed E-state index contributed by atoms with van der Waals surface area (Å²) in [5.74, 6) is -0.0798. The van der Waals surface area contributed by atoms with E-state index in [1.807, 2.05) is 7.05 Å². The Morgan fingerprint density at radius 3 is 2.52 bits per heavy atom. The lowest BCUT2D eigenvalue weighted by atomic mass is 10.1. The van der Waals surface area contributed by atoms with Gasteiger partial charge in [0.2, 0.25) is 5.91 Å². The molecule has 0 radical (unpaired) electrons. The average Bonchev–Trinajstić information content (AvgIpc) is 2.47. The second-order valence-corrected chi connectivity index (χ2v) is 7.72. The van der Waals surface area contributed by atoms with Crippen molar-refractivity contribution >= 4 is 33.8 Å². The molecule has 1 atom stereocenters. The lowest BCUT2D eigenvalue weighted by molar-refractivity contribution is -0.117. The van der Waals surface area contributed by atoms with Crippen molar-refractivity contribution in [2.24, 2.45) is 0 Å². The molecule has 0 bridgehead atoms. The number of anilines is 1. The summed E-state index contributed by atoms with van der Waals surface area (Å²) in [7, 11) is -1.27. The van der Waals surface area contributed by atoms with Crippen LogP contribution in [0.2, 0.25) is 0 Å². The molecule has 1 saturated heterocycles. The molecule has 0 aliphatic carbocycles. The third-order valence-corrected chi connectivity index (χ3v) is 4.98. The number of nitrogens with zero attached hydrogens (tertiary/aromatic N) is 1. The van der Waals surface area contributed by atoms with Crippen LogP contribution < -0.4 is 10.6 Å². The van der Waals surface area contributed by atoms with Gasteiger partial charge in [0.15, 0.2) is 9.84 Å². The summed E-state index contributed by atoms with van der Waals surface area (Å²) in [5, 5.41) is 6.05. The number of sulfone groups is 1. The maximum atomic E-state index is 12.1. The number of carbonyl (C=O) groups is 1. The van der Waals surface area contributed by atoms with E-state index in [0.29, 0.717) is 18.3 Å². The molecule has 1 aromatic carbocycles.